The Labute approximate surface area is 114 Å². The Bertz CT molecular complexity index is 396. The maximum atomic E-state index is 11.5. The van der Waals surface area contributed by atoms with Crippen LogP contribution in [0, 0.1) is 0 Å². The number of para-hydroxylation sites is 1. The zero-order valence-electron chi connectivity index (χ0n) is 11.5. The van der Waals surface area contributed by atoms with Gasteiger partial charge >= 0.3 is 0 Å². The molecule has 3 N–H and O–H groups in total. The van der Waals surface area contributed by atoms with E-state index in [1.54, 1.807) is 7.11 Å². The molecular weight excluding hydrogens is 244 g/mol. The number of benzene rings is 1. The fourth-order valence-electron chi connectivity index (χ4n) is 1.63. The highest BCUT2D eigenvalue weighted by Gasteiger charge is 2.11. The number of hydrogen-bond donors (Lipinski definition) is 2. The number of carbonyl (C=O) groups excluding carboxylic acids is 1. The Hall–Kier alpha value is -1.59. The summed E-state index contributed by atoms with van der Waals surface area (Å²) in [7, 11) is 1.59. The average Bonchev–Trinajstić information content (AvgIpc) is 2.45. The van der Waals surface area contributed by atoms with Crippen LogP contribution in [-0.4, -0.2) is 32.8 Å². The van der Waals surface area contributed by atoms with Crippen LogP contribution >= 0.6 is 0 Å². The van der Waals surface area contributed by atoms with Crippen molar-refractivity contribution in [1.29, 1.82) is 0 Å². The molecule has 0 heterocycles. The Morgan fingerprint density at radius 3 is 2.84 bits per heavy atom. The van der Waals surface area contributed by atoms with Gasteiger partial charge in [0.15, 0.2) is 6.61 Å². The van der Waals surface area contributed by atoms with Crippen LogP contribution in [0.4, 0.5) is 0 Å². The Morgan fingerprint density at radius 2 is 2.16 bits per heavy atom. The Kier molecular flexibility index (Phi) is 6.92. The van der Waals surface area contributed by atoms with Gasteiger partial charge in [0.05, 0.1) is 6.61 Å². The van der Waals surface area contributed by atoms with Crippen LogP contribution in [0.25, 0.3) is 0 Å². The van der Waals surface area contributed by atoms with Crippen LogP contribution < -0.4 is 15.8 Å². The van der Waals surface area contributed by atoms with E-state index in [-0.39, 0.29) is 18.6 Å². The molecule has 0 spiro atoms. The van der Waals surface area contributed by atoms with E-state index in [9.17, 15) is 4.79 Å². The van der Waals surface area contributed by atoms with Crippen molar-refractivity contribution in [2.75, 3.05) is 26.9 Å². The summed E-state index contributed by atoms with van der Waals surface area (Å²) in [6.07, 6.45) is 0.820. The number of rotatable bonds is 8. The van der Waals surface area contributed by atoms with E-state index in [1.165, 1.54) is 0 Å². The van der Waals surface area contributed by atoms with Crippen molar-refractivity contribution in [1.82, 2.24) is 5.32 Å². The van der Waals surface area contributed by atoms with Crippen LogP contribution in [0.5, 0.6) is 5.75 Å². The fourth-order valence-corrected chi connectivity index (χ4v) is 1.63. The molecule has 1 rings (SSSR count). The third kappa shape index (κ3) is 5.28. The summed E-state index contributed by atoms with van der Waals surface area (Å²) < 4.78 is 10.4. The molecule has 0 unspecified atom stereocenters. The lowest BCUT2D eigenvalue weighted by Crippen LogP contribution is -2.31. The minimum absolute atomic E-state index is 0.0167. The summed E-state index contributed by atoms with van der Waals surface area (Å²) >= 11 is 0. The van der Waals surface area contributed by atoms with Crippen LogP contribution in [-0.2, 0) is 9.53 Å². The first kappa shape index (κ1) is 15.5. The summed E-state index contributed by atoms with van der Waals surface area (Å²) in [4.78, 5) is 11.5. The molecule has 0 fully saturated rings. The van der Waals surface area contributed by atoms with Gasteiger partial charge in [-0.05, 0) is 12.5 Å². The van der Waals surface area contributed by atoms with Gasteiger partial charge in [0.2, 0.25) is 0 Å². The van der Waals surface area contributed by atoms with Crippen molar-refractivity contribution in [2.24, 2.45) is 5.73 Å². The largest absolute Gasteiger partial charge is 0.483 e. The van der Waals surface area contributed by atoms with Gasteiger partial charge in [0, 0.05) is 25.3 Å². The molecule has 19 heavy (non-hydrogen) atoms. The summed E-state index contributed by atoms with van der Waals surface area (Å²) in [5, 5.41) is 2.70. The van der Waals surface area contributed by atoms with E-state index in [4.69, 9.17) is 15.2 Å². The van der Waals surface area contributed by atoms with Gasteiger partial charge in [-0.2, -0.15) is 0 Å². The second kappa shape index (κ2) is 8.50. The molecule has 0 saturated heterocycles. The SMILES string of the molecule is CC[C@@H](N)c1ccccc1OCC(=O)NCCOC. The minimum Gasteiger partial charge on any atom is -0.483 e. The molecule has 0 aliphatic heterocycles. The van der Waals surface area contributed by atoms with E-state index in [1.807, 2.05) is 31.2 Å². The fraction of sp³-hybridized carbons (Fsp3) is 0.500. The molecule has 0 saturated carbocycles. The number of hydrogen-bond acceptors (Lipinski definition) is 4. The first-order valence-corrected chi connectivity index (χ1v) is 6.42. The number of carbonyl (C=O) groups is 1. The molecule has 5 heteroatoms. The second-order valence-electron chi connectivity index (χ2n) is 4.18. The average molecular weight is 266 g/mol. The molecule has 5 nitrogen and oxygen atoms in total. The monoisotopic (exact) mass is 266 g/mol. The van der Waals surface area contributed by atoms with Crippen molar-refractivity contribution in [2.45, 2.75) is 19.4 Å². The third-order valence-corrected chi connectivity index (χ3v) is 2.75. The number of ether oxygens (including phenoxy) is 2. The summed E-state index contributed by atoms with van der Waals surface area (Å²) in [6.45, 7) is 2.97. The quantitative estimate of drug-likeness (QED) is 0.694. The highest BCUT2D eigenvalue weighted by atomic mass is 16.5. The second-order valence-corrected chi connectivity index (χ2v) is 4.18. The topological polar surface area (TPSA) is 73.6 Å². The highest BCUT2D eigenvalue weighted by molar-refractivity contribution is 5.77. The van der Waals surface area contributed by atoms with Crippen LogP contribution in [0.3, 0.4) is 0 Å². The first-order chi connectivity index (χ1) is 9.19. The van der Waals surface area contributed by atoms with Gasteiger partial charge in [-0.15, -0.1) is 0 Å². The summed E-state index contributed by atoms with van der Waals surface area (Å²) in [5.41, 5.74) is 6.93. The van der Waals surface area contributed by atoms with Gasteiger partial charge in [-0.1, -0.05) is 25.1 Å². The van der Waals surface area contributed by atoms with E-state index >= 15 is 0 Å². The van der Waals surface area contributed by atoms with Crippen LogP contribution in [0.15, 0.2) is 24.3 Å². The highest BCUT2D eigenvalue weighted by Crippen LogP contribution is 2.25. The summed E-state index contributed by atoms with van der Waals surface area (Å²) in [5.74, 6) is 0.496. The van der Waals surface area contributed by atoms with Crippen molar-refractivity contribution < 1.29 is 14.3 Å². The lowest BCUT2D eigenvalue weighted by molar-refractivity contribution is -0.123. The molecule has 1 atom stereocenters. The minimum atomic E-state index is -0.170. The third-order valence-electron chi connectivity index (χ3n) is 2.75. The van der Waals surface area contributed by atoms with Gasteiger partial charge in [-0.25, -0.2) is 0 Å². The van der Waals surface area contributed by atoms with Gasteiger partial charge in [0.1, 0.15) is 5.75 Å². The molecule has 0 aromatic heterocycles. The normalized spacial score (nSPS) is 11.9. The molecule has 0 bridgehead atoms. The molecule has 106 valence electrons. The van der Waals surface area contributed by atoms with Crippen molar-refractivity contribution in [3.05, 3.63) is 29.8 Å². The predicted molar refractivity (Wildman–Crippen MR) is 74.0 cm³/mol. The first-order valence-electron chi connectivity index (χ1n) is 6.42. The lowest BCUT2D eigenvalue weighted by atomic mass is 10.0. The van der Waals surface area contributed by atoms with Gasteiger partial charge < -0.3 is 20.5 Å². The van der Waals surface area contributed by atoms with Crippen LogP contribution in [0.1, 0.15) is 24.9 Å². The zero-order chi connectivity index (χ0) is 14.1. The number of methoxy groups -OCH3 is 1. The molecule has 0 aliphatic rings. The van der Waals surface area contributed by atoms with Crippen molar-refractivity contribution >= 4 is 5.91 Å². The molecule has 1 aromatic carbocycles. The smallest absolute Gasteiger partial charge is 0.258 e. The molecule has 1 amide bonds. The maximum Gasteiger partial charge on any atom is 0.258 e. The lowest BCUT2D eigenvalue weighted by Gasteiger charge is -2.15. The standard InChI is InChI=1S/C14H22N2O3/c1-3-12(15)11-6-4-5-7-13(11)19-10-14(17)16-8-9-18-2/h4-7,12H,3,8-10,15H2,1-2H3,(H,16,17)/t12-/m1/s1. The van der Waals surface area contributed by atoms with Crippen LogP contribution in [0.2, 0.25) is 0 Å². The van der Waals surface area contributed by atoms with Gasteiger partial charge in [0.25, 0.3) is 5.91 Å². The summed E-state index contributed by atoms with van der Waals surface area (Å²) in [6, 6.07) is 7.45. The Balaban J connectivity index is 2.50. The number of nitrogens with two attached hydrogens (primary N) is 1. The van der Waals surface area contributed by atoms with E-state index in [0.29, 0.717) is 18.9 Å². The predicted octanol–water partition coefficient (Wildman–Crippen LogP) is 1.24. The maximum absolute atomic E-state index is 11.5. The molecule has 0 radical (unpaired) electrons. The van der Waals surface area contributed by atoms with E-state index < -0.39 is 0 Å². The Morgan fingerprint density at radius 1 is 1.42 bits per heavy atom. The van der Waals surface area contributed by atoms with E-state index in [2.05, 4.69) is 5.32 Å². The molecular formula is C14H22N2O3. The van der Waals surface area contributed by atoms with Crippen molar-refractivity contribution in [3.63, 3.8) is 0 Å². The zero-order valence-corrected chi connectivity index (χ0v) is 11.5. The van der Waals surface area contributed by atoms with Gasteiger partial charge in [-0.3, -0.25) is 4.79 Å². The van der Waals surface area contributed by atoms with E-state index in [0.717, 1.165) is 12.0 Å². The number of amides is 1. The molecule has 1 aromatic rings. The molecule has 0 aliphatic carbocycles. The number of nitrogens with one attached hydrogen (secondary N) is 1. The van der Waals surface area contributed by atoms with Crippen molar-refractivity contribution in [3.8, 4) is 5.75 Å².